The summed E-state index contributed by atoms with van der Waals surface area (Å²) < 4.78 is 2.24. The van der Waals surface area contributed by atoms with Crippen molar-refractivity contribution in [2.75, 3.05) is 11.9 Å². The zero-order valence-corrected chi connectivity index (χ0v) is 17.5. The van der Waals surface area contributed by atoms with E-state index in [2.05, 4.69) is 127 Å². The van der Waals surface area contributed by atoms with Crippen LogP contribution in [0.1, 0.15) is 22.4 Å². The highest BCUT2D eigenvalue weighted by molar-refractivity contribution is 5.85. The third-order valence-corrected chi connectivity index (χ3v) is 6.15. The van der Waals surface area contributed by atoms with Crippen molar-refractivity contribution in [3.63, 3.8) is 0 Å². The lowest BCUT2D eigenvalue weighted by molar-refractivity contribution is 0.805. The van der Waals surface area contributed by atoms with Gasteiger partial charge in [-0.05, 0) is 53.5 Å². The number of nitrogens with zero attached hydrogens (tertiary/aromatic N) is 2. The molecule has 0 aliphatic carbocycles. The van der Waals surface area contributed by atoms with Crippen molar-refractivity contribution >= 4 is 34.8 Å². The quantitative estimate of drug-likeness (QED) is 0.390. The van der Waals surface area contributed by atoms with Crippen LogP contribution in [0.5, 0.6) is 0 Å². The smallest absolute Gasteiger partial charge is 0.0514 e. The van der Waals surface area contributed by atoms with E-state index in [1.165, 1.54) is 39.0 Å². The van der Waals surface area contributed by atoms with Crippen molar-refractivity contribution in [3.05, 3.63) is 107 Å². The molecule has 0 saturated carbocycles. The first kappa shape index (κ1) is 18.5. The zero-order chi connectivity index (χ0) is 20.5. The highest BCUT2D eigenvalue weighted by Crippen LogP contribution is 2.31. The van der Waals surface area contributed by atoms with Crippen molar-refractivity contribution in [1.82, 2.24) is 4.57 Å². The summed E-state index contributed by atoms with van der Waals surface area (Å²) in [5.41, 5.74) is 7.70. The van der Waals surface area contributed by atoms with E-state index in [4.69, 9.17) is 0 Å². The van der Waals surface area contributed by atoms with E-state index in [1.54, 1.807) is 0 Å². The molecule has 0 amide bonds. The van der Waals surface area contributed by atoms with Gasteiger partial charge in [0.15, 0.2) is 0 Å². The van der Waals surface area contributed by atoms with Crippen LogP contribution in [0.4, 0.5) is 5.69 Å². The van der Waals surface area contributed by atoms with Crippen molar-refractivity contribution in [3.8, 4) is 0 Å². The van der Waals surface area contributed by atoms with E-state index in [1.807, 2.05) is 0 Å². The van der Waals surface area contributed by atoms with Crippen molar-refractivity contribution < 1.29 is 0 Å². The highest BCUT2D eigenvalue weighted by Gasteiger charge is 2.23. The fraction of sp³-hybridized carbons (Fsp3) is 0.143. The zero-order valence-electron chi connectivity index (χ0n) is 17.5. The minimum atomic E-state index is 0.414. The third-order valence-electron chi connectivity index (χ3n) is 6.15. The maximum atomic E-state index is 2.37. The molecule has 2 heteroatoms. The number of benzene rings is 3. The number of aromatic nitrogens is 1. The molecule has 5 rings (SSSR count). The summed E-state index contributed by atoms with van der Waals surface area (Å²) in [7, 11) is 4.31. The molecule has 1 aromatic heterocycles. The highest BCUT2D eigenvalue weighted by atomic mass is 15.1. The second-order valence-electron chi connectivity index (χ2n) is 8.06. The number of anilines is 1. The van der Waals surface area contributed by atoms with Gasteiger partial charge in [0.1, 0.15) is 0 Å². The second-order valence-corrected chi connectivity index (χ2v) is 8.06. The summed E-state index contributed by atoms with van der Waals surface area (Å²) in [5.74, 6) is 0. The van der Waals surface area contributed by atoms with Gasteiger partial charge in [0.2, 0.25) is 0 Å². The molecule has 3 aromatic carbocycles. The molecule has 0 fully saturated rings. The first-order chi connectivity index (χ1) is 14.7. The van der Waals surface area contributed by atoms with Gasteiger partial charge in [-0.15, -0.1) is 0 Å². The van der Waals surface area contributed by atoms with E-state index in [-0.39, 0.29) is 0 Å². The van der Waals surface area contributed by atoms with Gasteiger partial charge in [0.25, 0.3) is 0 Å². The molecule has 2 heterocycles. The Balaban J connectivity index is 1.34. The van der Waals surface area contributed by atoms with Gasteiger partial charge in [-0.1, -0.05) is 72.8 Å². The Hall–Kier alpha value is -3.52. The minimum Gasteiger partial charge on any atom is -0.368 e. The maximum Gasteiger partial charge on any atom is 0.0514 e. The molecule has 0 spiro atoms. The number of para-hydroxylation sites is 2. The molecule has 1 unspecified atom stereocenters. The molecular formula is C28H26N2. The number of fused-ring (bicyclic) bond motifs is 2. The number of hydrogen-bond donors (Lipinski definition) is 0. The molecule has 0 bridgehead atoms. The lowest BCUT2D eigenvalue weighted by Crippen LogP contribution is -2.25. The van der Waals surface area contributed by atoms with Crippen molar-refractivity contribution in [2.45, 2.75) is 12.5 Å². The summed E-state index contributed by atoms with van der Waals surface area (Å²) in [4.78, 5) is 2.37. The molecule has 2 nitrogen and oxygen atoms in total. The lowest BCUT2D eigenvalue weighted by atomic mass is 10.1. The number of hydrogen-bond acceptors (Lipinski definition) is 1. The predicted octanol–water partition coefficient (Wildman–Crippen LogP) is 6.42. The second kappa shape index (κ2) is 7.72. The monoisotopic (exact) mass is 390 g/mol. The molecule has 1 aliphatic heterocycles. The summed E-state index contributed by atoms with van der Waals surface area (Å²) in [5, 5.41) is 1.28. The van der Waals surface area contributed by atoms with Gasteiger partial charge < -0.3 is 9.47 Å². The number of aryl methyl sites for hydroxylation is 1. The minimum absolute atomic E-state index is 0.414. The fourth-order valence-electron chi connectivity index (χ4n) is 4.41. The normalized spacial score (nSPS) is 16.2. The molecular weight excluding hydrogens is 364 g/mol. The van der Waals surface area contributed by atoms with Gasteiger partial charge in [-0.3, -0.25) is 0 Å². The molecule has 0 radical (unpaired) electrons. The fourth-order valence-corrected chi connectivity index (χ4v) is 4.41. The third kappa shape index (κ3) is 3.46. The Morgan fingerprint density at radius 1 is 0.767 bits per heavy atom. The van der Waals surface area contributed by atoms with Crippen LogP contribution < -0.4 is 4.90 Å². The van der Waals surface area contributed by atoms with Crippen molar-refractivity contribution in [2.24, 2.45) is 7.05 Å². The Morgan fingerprint density at radius 3 is 2.37 bits per heavy atom. The SMILES string of the molecule is CN1c2ccccc2CC1C=Cc1cccc(C=Cc2cc3ccccc3n2C)c1. The molecule has 1 atom stereocenters. The summed E-state index contributed by atoms with van der Waals surface area (Å²) in [6.07, 6.45) is 10.0. The molecule has 4 aromatic rings. The van der Waals surface area contributed by atoms with Crippen LogP contribution in [-0.4, -0.2) is 17.7 Å². The topological polar surface area (TPSA) is 8.17 Å². The molecule has 1 aliphatic rings. The predicted molar refractivity (Wildman–Crippen MR) is 130 cm³/mol. The van der Waals surface area contributed by atoms with Crippen LogP contribution in [0.15, 0.2) is 84.9 Å². The van der Waals surface area contributed by atoms with Crippen LogP contribution in [-0.2, 0) is 13.5 Å². The van der Waals surface area contributed by atoms with E-state index < -0.39 is 0 Å². The summed E-state index contributed by atoms with van der Waals surface area (Å²) in [6, 6.07) is 28.6. The molecule has 148 valence electrons. The van der Waals surface area contributed by atoms with E-state index >= 15 is 0 Å². The van der Waals surface area contributed by atoms with E-state index in [0.717, 1.165) is 6.42 Å². The standard InChI is InChI=1S/C28H26N2/c1-29-25(19-23-10-3-5-12-27(23)29)16-14-21-8-7-9-22(18-21)15-17-26-20-24-11-4-6-13-28(24)30(26)2/h3-19,26H,20H2,1-2H3. The summed E-state index contributed by atoms with van der Waals surface area (Å²) in [6.45, 7) is 0. The lowest BCUT2D eigenvalue weighted by Gasteiger charge is -2.19. The Labute approximate surface area is 178 Å². The van der Waals surface area contributed by atoms with Gasteiger partial charge in [-0.25, -0.2) is 0 Å². The van der Waals surface area contributed by atoms with Crippen LogP contribution in [0.25, 0.3) is 29.1 Å². The average Bonchev–Trinajstić information content (AvgIpc) is 3.28. The van der Waals surface area contributed by atoms with Crippen molar-refractivity contribution in [1.29, 1.82) is 0 Å². The first-order valence-corrected chi connectivity index (χ1v) is 10.5. The summed E-state index contributed by atoms with van der Waals surface area (Å²) >= 11 is 0. The number of rotatable bonds is 4. The van der Waals surface area contributed by atoms with Crippen LogP contribution in [0.2, 0.25) is 0 Å². The molecule has 0 saturated heterocycles. The average molecular weight is 391 g/mol. The van der Waals surface area contributed by atoms with E-state index in [9.17, 15) is 0 Å². The van der Waals surface area contributed by atoms with Crippen LogP contribution in [0, 0.1) is 0 Å². The number of likely N-dealkylation sites (N-methyl/N-ethyl adjacent to an activating group) is 1. The largest absolute Gasteiger partial charge is 0.368 e. The Kier molecular flexibility index (Phi) is 4.76. The van der Waals surface area contributed by atoms with Gasteiger partial charge >= 0.3 is 0 Å². The Bertz CT molecular complexity index is 1260. The Morgan fingerprint density at radius 2 is 1.53 bits per heavy atom. The first-order valence-electron chi connectivity index (χ1n) is 10.5. The molecule has 0 N–H and O–H groups in total. The van der Waals surface area contributed by atoms with Crippen LogP contribution >= 0.6 is 0 Å². The van der Waals surface area contributed by atoms with Crippen LogP contribution in [0.3, 0.4) is 0 Å². The van der Waals surface area contributed by atoms with Gasteiger partial charge in [0, 0.05) is 36.4 Å². The van der Waals surface area contributed by atoms with E-state index in [0.29, 0.717) is 6.04 Å². The molecule has 30 heavy (non-hydrogen) atoms. The van der Waals surface area contributed by atoms with Gasteiger partial charge in [0.05, 0.1) is 6.04 Å². The van der Waals surface area contributed by atoms with Gasteiger partial charge in [-0.2, -0.15) is 0 Å². The maximum absolute atomic E-state index is 2.37.